The Morgan fingerprint density at radius 1 is 0.970 bits per heavy atom. The van der Waals surface area contributed by atoms with Gasteiger partial charge in [-0.2, -0.15) is 0 Å². The number of primary sulfonamides is 1. The van der Waals surface area contributed by atoms with Crippen LogP contribution in [0.3, 0.4) is 0 Å². The molecule has 0 spiro atoms. The summed E-state index contributed by atoms with van der Waals surface area (Å²) in [7, 11) is -4.02. The Balaban J connectivity index is 1.62. The molecule has 0 unspecified atom stereocenters. The van der Waals surface area contributed by atoms with E-state index < -0.39 is 10.0 Å². The second-order valence-electron chi connectivity index (χ2n) is 6.93. The van der Waals surface area contributed by atoms with Gasteiger partial charge >= 0.3 is 0 Å². The Hall–Kier alpha value is -2.62. The van der Waals surface area contributed by atoms with Crippen molar-refractivity contribution in [3.63, 3.8) is 0 Å². The number of sulfonamides is 1. The van der Waals surface area contributed by atoms with Crippen LogP contribution in [-0.2, 0) is 15.8 Å². The predicted octanol–water partition coefficient (Wildman–Crippen LogP) is 6.15. The molecule has 4 rings (SSSR count). The van der Waals surface area contributed by atoms with Gasteiger partial charge < -0.3 is 4.42 Å². The molecule has 168 valence electrons. The number of hydrogen-bond acceptors (Lipinski definition) is 6. The highest BCUT2D eigenvalue weighted by molar-refractivity contribution is 7.99. The number of hydrogen-bond donors (Lipinski definition) is 1. The molecule has 10 heteroatoms. The maximum absolute atomic E-state index is 12.3. The molecule has 0 saturated carbocycles. The summed E-state index contributed by atoms with van der Waals surface area (Å²) >= 11 is 13.7. The van der Waals surface area contributed by atoms with Crippen molar-refractivity contribution < 1.29 is 12.8 Å². The van der Waals surface area contributed by atoms with Gasteiger partial charge in [-0.25, -0.2) is 13.6 Å². The van der Waals surface area contributed by atoms with Crippen LogP contribution >= 0.6 is 35.0 Å². The molecule has 0 aliphatic carbocycles. The number of nitrogens with two attached hydrogens (primary N) is 1. The standard InChI is InChI=1S/C23H17Cl2N3O3S2/c24-17-9-6-15(7-10-17)8-11-22-27-28-23(31-22)18-12-21(33(26,29)30)20(13-19(18)25)32-14-16-4-2-1-3-5-16/h1-13H,14H2,(H2,26,29,30)/b11-8+. The fourth-order valence-corrected chi connectivity index (χ4v) is 5.42. The minimum absolute atomic E-state index is 0.0562. The Labute approximate surface area is 205 Å². The fourth-order valence-electron chi connectivity index (χ4n) is 2.92. The maximum atomic E-state index is 12.3. The third-order valence-electron chi connectivity index (χ3n) is 4.54. The van der Waals surface area contributed by atoms with Crippen LogP contribution in [-0.4, -0.2) is 18.6 Å². The first kappa shape index (κ1) is 23.5. The lowest BCUT2D eigenvalue weighted by Gasteiger charge is -2.10. The van der Waals surface area contributed by atoms with Gasteiger partial charge in [0.2, 0.25) is 21.8 Å². The SMILES string of the molecule is NS(=O)(=O)c1cc(-c2nnc(/C=C/c3ccc(Cl)cc3)o2)c(Cl)cc1SCc1ccccc1. The van der Waals surface area contributed by atoms with Gasteiger partial charge in [-0.05, 0) is 41.5 Å². The Morgan fingerprint density at radius 3 is 2.39 bits per heavy atom. The van der Waals surface area contributed by atoms with Crippen molar-refractivity contribution in [2.45, 2.75) is 15.5 Å². The molecular weight excluding hydrogens is 501 g/mol. The lowest BCUT2D eigenvalue weighted by atomic mass is 10.2. The number of aromatic nitrogens is 2. The van der Waals surface area contributed by atoms with Gasteiger partial charge in [0.05, 0.1) is 15.5 Å². The molecule has 0 aliphatic rings. The monoisotopic (exact) mass is 517 g/mol. The average Bonchev–Trinajstić information content (AvgIpc) is 3.26. The molecule has 0 saturated heterocycles. The molecule has 6 nitrogen and oxygen atoms in total. The quantitative estimate of drug-likeness (QED) is 0.295. The van der Waals surface area contributed by atoms with E-state index in [2.05, 4.69) is 10.2 Å². The molecule has 0 fully saturated rings. The zero-order valence-corrected chi connectivity index (χ0v) is 20.1. The predicted molar refractivity (Wildman–Crippen MR) is 133 cm³/mol. The first-order valence-corrected chi connectivity index (χ1v) is 12.9. The van der Waals surface area contributed by atoms with E-state index in [1.54, 1.807) is 30.4 Å². The van der Waals surface area contributed by atoms with E-state index in [9.17, 15) is 8.42 Å². The van der Waals surface area contributed by atoms with Crippen LogP contribution in [0.15, 0.2) is 80.9 Å². The molecule has 3 aromatic carbocycles. The highest BCUT2D eigenvalue weighted by Crippen LogP contribution is 2.37. The van der Waals surface area contributed by atoms with Crippen molar-refractivity contribution in [1.82, 2.24) is 10.2 Å². The summed E-state index contributed by atoms with van der Waals surface area (Å²) in [6.07, 6.45) is 3.42. The van der Waals surface area contributed by atoms with Crippen LogP contribution in [0.2, 0.25) is 10.0 Å². The van der Waals surface area contributed by atoms with Crippen molar-refractivity contribution in [3.8, 4) is 11.5 Å². The fraction of sp³-hybridized carbons (Fsp3) is 0.0435. The van der Waals surface area contributed by atoms with Crippen LogP contribution in [0.25, 0.3) is 23.6 Å². The van der Waals surface area contributed by atoms with Crippen LogP contribution in [0.1, 0.15) is 17.0 Å². The molecular formula is C23H17Cl2N3O3S2. The molecule has 0 atom stereocenters. The Morgan fingerprint density at radius 2 is 1.70 bits per heavy atom. The second kappa shape index (κ2) is 10.1. The molecule has 1 aromatic heterocycles. The third kappa shape index (κ3) is 6.04. The highest BCUT2D eigenvalue weighted by Gasteiger charge is 2.21. The first-order chi connectivity index (χ1) is 15.8. The smallest absolute Gasteiger partial charge is 0.249 e. The lowest BCUT2D eigenvalue weighted by Crippen LogP contribution is -2.13. The minimum Gasteiger partial charge on any atom is -0.417 e. The molecule has 0 amide bonds. The number of halogens is 2. The summed E-state index contributed by atoms with van der Waals surface area (Å²) in [4.78, 5) is 0.386. The van der Waals surface area contributed by atoms with Crippen molar-refractivity contribution >= 4 is 57.1 Å². The summed E-state index contributed by atoms with van der Waals surface area (Å²) < 4.78 is 30.2. The van der Waals surface area contributed by atoms with Crippen LogP contribution in [0.5, 0.6) is 0 Å². The van der Waals surface area contributed by atoms with Crippen molar-refractivity contribution in [1.29, 1.82) is 0 Å². The van der Waals surface area contributed by atoms with Gasteiger partial charge in [-0.1, -0.05) is 65.7 Å². The normalized spacial score (nSPS) is 11.8. The molecule has 4 aromatic rings. The van der Waals surface area contributed by atoms with Crippen LogP contribution in [0.4, 0.5) is 0 Å². The largest absolute Gasteiger partial charge is 0.417 e. The molecule has 33 heavy (non-hydrogen) atoms. The van der Waals surface area contributed by atoms with Gasteiger partial charge in [0.1, 0.15) is 0 Å². The first-order valence-electron chi connectivity index (χ1n) is 9.60. The van der Waals surface area contributed by atoms with E-state index in [0.717, 1.165) is 11.1 Å². The average molecular weight is 518 g/mol. The molecule has 1 heterocycles. The van der Waals surface area contributed by atoms with Crippen LogP contribution in [0, 0.1) is 0 Å². The number of benzene rings is 3. The minimum atomic E-state index is -4.02. The van der Waals surface area contributed by atoms with Gasteiger partial charge in [0, 0.05) is 21.7 Å². The molecule has 0 bridgehead atoms. The van der Waals surface area contributed by atoms with Crippen molar-refractivity contribution in [2.24, 2.45) is 5.14 Å². The van der Waals surface area contributed by atoms with Crippen LogP contribution < -0.4 is 5.14 Å². The van der Waals surface area contributed by atoms with Gasteiger partial charge in [-0.3, -0.25) is 0 Å². The number of nitrogens with zero attached hydrogens (tertiary/aromatic N) is 2. The van der Waals surface area contributed by atoms with E-state index >= 15 is 0 Å². The zero-order chi connectivity index (χ0) is 23.4. The Bertz CT molecular complexity index is 1400. The van der Waals surface area contributed by atoms with E-state index in [1.807, 2.05) is 42.5 Å². The Kier molecular flexibility index (Phi) is 7.21. The van der Waals surface area contributed by atoms with Crippen molar-refractivity contribution in [3.05, 3.63) is 93.8 Å². The topological polar surface area (TPSA) is 99.1 Å². The summed E-state index contributed by atoms with van der Waals surface area (Å²) in [5, 5.41) is 14.4. The van der Waals surface area contributed by atoms with Gasteiger partial charge in [-0.15, -0.1) is 22.0 Å². The van der Waals surface area contributed by atoms with E-state index in [1.165, 1.54) is 17.8 Å². The van der Waals surface area contributed by atoms with E-state index in [-0.39, 0.29) is 27.3 Å². The molecule has 2 N–H and O–H groups in total. The lowest BCUT2D eigenvalue weighted by molar-refractivity contribution is 0.557. The zero-order valence-electron chi connectivity index (χ0n) is 17.0. The highest BCUT2D eigenvalue weighted by atomic mass is 35.5. The summed E-state index contributed by atoms with van der Waals surface area (Å²) in [5.74, 6) is 0.871. The van der Waals surface area contributed by atoms with Gasteiger partial charge in [0.25, 0.3) is 0 Å². The van der Waals surface area contributed by atoms with E-state index in [4.69, 9.17) is 32.8 Å². The summed E-state index contributed by atoms with van der Waals surface area (Å²) in [6, 6.07) is 19.8. The van der Waals surface area contributed by atoms with Crippen molar-refractivity contribution in [2.75, 3.05) is 0 Å². The maximum Gasteiger partial charge on any atom is 0.249 e. The summed E-state index contributed by atoms with van der Waals surface area (Å²) in [5.41, 5.74) is 2.22. The third-order valence-corrected chi connectivity index (χ3v) is 7.31. The molecule has 0 aliphatic heterocycles. The molecule has 0 radical (unpaired) electrons. The summed E-state index contributed by atoms with van der Waals surface area (Å²) in [6.45, 7) is 0. The van der Waals surface area contributed by atoms with Gasteiger partial charge in [0.15, 0.2) is 0 Å². The van der Waals surface area contributed by atoms with E-state index in [0.29, 0.717) is 15.7 Å². The number of thioether (sulfide) groups is 1. The second-order valence-corrected chi connectivity index (χ2v) is 10.3. The number of rotatable bonds is 7.